The molecule has 2 aliphatic heterocycles. The first-order valence-electron chi connectivity index (χ1n) is 12.2. The maximum atomic E-state index is 13.4. The fourth-order valence-corrected chi connectivity index (χ4v) is 4.78. The van der Waals surface area contributed by atoms with E-state index in [1.807, 2.05) is 24.3 Å². The highest BCUT2D eigenvalue weighted by molar-refractivity contribution is 6.46. The summed E-state index contributed by atoms with van der Waals surface area (Å²) in [6.07, 6.45) is 0.711. The number of nitrogens with one attached hydrogen (secondary N) is 1. The van der Waals surface area contributed by atoms with Gasteiger partial charge in [-0.05, 0) is 34.2 Å². The van der Waals surface area contributed by atoms with E-state index in [2.05, 4.69) is 20.8 Å². The Morgan fingerprint density at radius 3 is 2.29 bits per heavy atom. The Bertz CT molecular complexity index is 1100. The number of ketones is 1. The fourth-order valence-electron chi connectivity index (χ4n) is 4.78. The van der Waals surface area contributed by atoms with Gasteiger partial charge in [0.05, 0.1) is 25.8 Å². The van der Waals surface area contributed by atoms with Crippen LogP contribution in [0.15, 0.2) is 54.1 Å². The number of quaternary nitrogens is 1. The number of ether oxygens (including phenoxy) is 1. The van der Waals surface area contributed by atoms with Gasteiger partial charge in [-0.2, -0.15) is 0 Å². The number of morpholine rings is 1. The molecule has 0 bridgehead atoms. The first kappa shape index (κ1) is 25.1. The van der Waals surface area contributed by atoms with Crippen LogP contribution in [-0.2, 0) is 19.7 Å². The van der Waals surface area contributed by atoms with E-state index in [9.17, 15) is 19.1 Å². The SMILES string of the molecule is CC(C)(C)c1ccc(C2C(=C([O-])c3ccc(F)cc3)C(=O)C(=O)N2CCC[NH+]2CCOCC2)cc1. The van der Waals surface area contributed by atoms with Crippen LogP contribution in [0.1, 0.15) is 49.9 Å². The van der Waals surface area contributed by atoms with Crippen LogP contribution >= 0.6 is 0 Å². The van der Waals surface area contributed by atoms with Gasteiger partial charge in [-0.3, -0.25) is 9.59 Å². The highest BCUT2D eigenvalue weighted by Gasteiger charge is 2.44. The summed E-state index contributed by atoms with van der Waals surface area (Å²) in [5, 5.41) is 13.4. The van der Waals surface area contributed by atoms with E-state index in [0.29, 0.717) is 13.0 Å². The van der Waals surface area contributed by atoms with Crippen molar-refractivity contribution in [3.63, 3.8) is 0 Å². The zero-order valence-electron chi connectivity index (χ0n) is 20.6. The van der Waals surface area contributed by atoms with Gasteiger partial charge in [0.25, 0.3) is 5.91 Å². The minimum absolute atomic E-state index is 0.0586. The van der Waals surface area contributed by atoms with Crippen LogP contribution in [0, 0.1) is 5.82 Å². The van der Waals surface area contributed by atoms with Crippen molar-refractivity contribution in [2.24, 2.45) is 0 Å². The molecule has 2 saturated heterocycles. The highest BCUT2D eigenvalue weighted by atomic mass is 19.1. The number of carbonyl (C=O) groups is 2. The van der Waals surface area contributed by atoms with Gasteiger partial charge >= 0.3 is 0 Å². The van der Waals surface area contributed by atoms with Crippen molar-refractivity contribution in [1.29, 1.82) is 0 Å². The molecule has 2 aromatic carbocycles. The number of halogens is 1. The van der Waals surface area contributed by atoms with E-state index in [1.54, 1.807) is 0 Å². The van der Waals surface area contributed by atoms with Crippen LogP contribution in [0.4, 0.5) is 4.39 Å². The number of amides is 1. The molecule has 0 aliphatic carbocycles. The Morgan fingerprint density at radius 1 is 1.06 bits per heavy atom. The zero-order valence-corrected chi connectivity index (χ0v) is 20.6. The van der Waals surface area contributed by atoms with E-state index < -0.39 is 29.3 Å². The summed E-state index contributed by atoms with van der Waals surface area (Å²) >= 11 is 0. The molecule has 7 heteroatoms. The molecule has 4 rings (SSSR count). The number of likely N-dealkylation sites (tertiary alicyclic amines) is 1. The zero-order chi connectivity index (χ0) is 25.2. The lowest BCUT2D eigenvalue weighted by Crippen LogP contribution is -3.14. The molecule has 2 heterocycles. The van der Waals surface area contributed by atoms with Crippen LogP contribution in [0.25, 0.3) is 5.76 Å². The second-order valence-corrected chi connectivity index (χ2v) is 10.3. The molecule has 0 aromatic heterocycles. The molecule has 1 amide bonds. The Morgan fingerprint density at radius 2 is 1.69 bits per heavy atom. The molecule has 2 fully saturated rings. The number of Topliss-reactive ketones (excluding diaryl/α,β-unsaturated/α-hetero) is 1. The largest absolute Gasteiger partial charge is 0.872 e. The van der Waals surface area contributed by atoms with Gasteiger partial charge in [-0.1, -0.05) is 62.9 Å². The molecule has 2 aromatic rings. The second-order valence-electron chi connectivity index (χ2n) is 10.3. The predicted octanol–water partition coefficient (Wildman–Crippen LogP) is 1.65. The summed E-state index contributed by atoms with van der Waals surface area (Å²) in [4.78, 5) is 29.2. The van der Waals surface area contributed by atoms with Crippen LogP contribution in [0.5, 0.6) is 0 Å². The van der Waals surface area contributed by atoms with Crippen LogP contribution < -0.4 is 10.0 Å². The minimum Gasteiger partial charge on any atom is -0.872 e. The summed E-state index contributed by atoms with van der Waals surface area (Å²) in [6.45, 7) is 10.9. The third-order valence-corrected chi connectivity index (χ3v) is 6.86. The summed E-state index contributed by atoms with van der Waals surface area (Å²) in [5.41, 5.74) is 1.91. The van der Waals surface area contributed by atoms with Crippen LogP contribution in [-0.4, -0.2) is 56.0 Å². The van der Waals surface area contributed by atoms with Gasteiger partial charge in [-0.25, -0.2) is 4.39 Å². The summed E-state index contributed by atoms with van der Waals surface area (Å²) in [6, 6.07) is 12.1. The third-order valence-electron chi connectivity index (χ3n) is 6.86. The van der Waals surface area contributed by atoms with E-state index in [-0.39, 0.29) is 16.6 Å². The normalized spacial score (nSPS) is 21.0. The number of rotatable bonds is 6. The molecule has 1 unspecified atom stereocenters. The number of hydrogen-bond donors (Lipinski definition) is 1. The monoisotopic (exact) mass is 480 g/mol. The van der Waals surface area contributed by atoms with Gasteiger partial charge in [0, 0.05) is 18.5 Å². The summed E-state index contributed by atoms with van der Waals surface area (Å²) in [7, 11) is 0. The van der Waals surface area contributed by atoms with Crippen molar-refractivity contribution in [3.8, 4) is 0 Å². The molecule has 1 atom stereocenters. The van der Waals surface area contributed by atoms with Crippen molar-refractivity contribution >= 4 is 17.4 Å². The van der Waals surface area contributed by atoms with E-state index >= 15 is 0 Å². The standard InChI is InChI=1S/C28H33FN2O4/c1-28(2,3)21-9-5-19(6-10-21)24-23(25(32)20-7-11-22(29)12-8-20)26(33)27(34)31(24)14-4-13-30-15-17-35-18-16-30/h5-12,24,32H,4,13-18H2,1-3H3. The summed E-state index contributed by atoms with van der Waals surface area (Å²) in [5.74, 6) is -2.43. The van der Waals surface area contributed by atoms with E-state index in [1.165, 1.54) is 34.1 Å². The number of nitrogens with zero attached hydrogens (tertiary/aromatic N) is 1. The molecule has 2 aliphatic rings. The Hall–Kier alpha value is -3.03. The lowest BCUT2D eigenvalue weighted by atomic mass is 9.85. The maximum Gasteiger partial charge on any atom is 0.295 e. The Balaban J connectivity index is 1.68. The van der Waals surface area contributed by atoms with Gasteiger partial charge < -0.3 is 19.6 Å². The summed E-state index contributed by atoms with van der Waals surface area (Å²) < 4.78 is 18.9. The molecule has 0 radical (unpaired) electrons. The smallest absolute Gasteiger partial charge is 0.295 e. The molecule has 1 N–H and O–H groups in total. The second kappa shape index (κ2) is 10.3. The first-order valence-corrected chi connectivity index (χ1v) is 12.2. The van der Waals surface area contributed by atoms with Crippen LogP contribution in [0.3, 0.4) is 0 Å². The van der Waals surface area contributed by atoms with Crippen LogP contribution in [0.2, 0.25) is 0 Å². The minimum atomic E-state index is -0.775. The predicted molar refractivity (Wildman–Crippen MR) is 129 cm³/mol. The Kier molecular flexibility index (Phi) is 7.38. The lowest BCUT2D eigenvalue weighted by molar-refractivity contribution is -0.908. The van der Waals surface area contributed by atoms with Crippen molar-refractivity contribution in [1.82, 2.24) is 4.90 Å². The first-order chi connectivity index (χ1) is 16.7. The van der Waals surface area contributed by atoms with Gasteiger partial charge in [0.2, 0.25) is 5.78 Å². The molecular formula is C28H33FN2O4. The van der Waals surface area contributed by atoms with Gasteiger partial charge in [0.1, 0.15) is 18.9 Å². The fraction of sp³-hybridized carbons (Fsp3) is 0.429. The number of hydrogen-bond acceptors (Lipinski definition) is 4. The lowest BCUT2D eigenvalue weighted by Gasteiger charge is -2.29. The average Bonchev–Trinajstić information content (AvgIpc) is 3.09. The number of benzene rings is 2. The third kappa shape index (κ3) is 5.46. The topological polar surface area (TPSA) is 74.1 Å². The number of carbonyl (C=O) groups excluding carboxylic acids is 2. The quantitative estimate of drug-likeness (QED) is 0.388. The molecule has 35 heavy (non-hydrogen) atoms. The van der Waals surface area contributed by atoms with Crippen molar-refractivity contribution < 1.29 is 28.7 Å². The molecule has 0 spiro atoms. The van der Waals surface area contributed by atoms with Gasteiger partial charge in [0.15, 0.2) is 0 Å². The van der Waals surface area contributed by atoms with E-state index in [4.69, 9.17) is 4.74 Å². The van der Waals surface area contributed by atoms with Gasteiger partial charge in [-0.15, -0.1) is 0 Å². The van der Waals surface area contributed by atoms with Crippen molar-refractivity contribution in [2.45, 2.75) is 38.6 Å². The van der Waals surface area contributed by atoms with Crippen molar-refractivity contribution in [2.75, 3.05) is 39.4 Å². The highest BCUT2D eigenvalue weighted by Crippen LogP contribution is 2.39. The molecule has 186 valence electrons. The average molecular weight is 481 g/mol. The molecular weight excluding hydrogens is 447 g/mol. The molecule has 6 nitrogen and oxygen atoms in total. The maximum absolute atomic E-state index is 13.4. The Labute approximate surface area is 206 Å². The molecule has 0 saturated carbocycles. The van der Waals surface area contributed by atoms with E-state index in [0.717, 1.165) is 44.0 Å². The van der Waals surface area contributed by atoms with Crippen molar-refractivity contribution in [3.05, 3.63) is 76.6 Å².